The number of carbonyl (C=O) groups is 1. The molecule has 0 aliphatic heterocycles. The van der Waals surface area contributed by atoms with Crippen molar-refractivity contribution in [2.24, 2.45) is 11.3 Å². The molecule has 0 unspecified atom stereocenters. The van der Waals surface area contributed by atoms with Crippen LogP contribution in [0.4, 0.5) is 0 Å². The number of hydrogen-bond donors (Lipinski definition) is 1. The zero-order chi connectivity index (χ0) is 15.0. The van der Waals surface area contributed by atoms with Crippen LogP contribution in [-0.4, -0.2) is 20.9 Å². The van der Waals surface area contributed by atoms with Crippen LogP contribution in [0, 0.1) is 11.3 Å². The van der Waals surface area contributed by atoms with Crippen molar-refractivity contribution < 1.29 is 13.2 Å². The fourth-order valence-electron chi connectivity index (χ4n) is 2.20. The van der Waals surface area contributed by atoms with Gasteiger partial charge >= 0.3 is 0 Å². The van der Waals surface area contributed by atoms with Crippen molar-refractivity contribution in [3.63, 3.8) is 0 Å². The average molecular weight is 336 g/mol. The van der Waals surface area contributed by atoms with Crippen LogP contribution < -0.4 is 5.32 Å². The Balaban J connectivity index is 1.88. The van der Waals surface area contributed by atoms with Crippen LogP contribution >= 0.6 is 22.0 Å². The molecule has 1 heterocycles. The first-order valence-corrected chi connectivity index (χ1v) is 9.66. The summed E-state index contributed by atoms with van der Waals surface area (Å²) in [6.07, 6.45) is 2.53. The quantitative estimate of drug-likeness (QED) is 0.813. The third kappa shape index (κ3) is 3.74. The highest BCUT2D eigenvalue weighted by atomic mass is 35.7. The van der Waals surface area contributed by atoms with Crippen molar-refractivity contribution in [3.8, 4) is 0 Å². The fourth-order valence-corrected chi connectivity index (χ4v) is 4.32. The van der Waals surface area contributed by atoms with Gasteiger partial charge in [-0.05, 0) is 36.3 Å². The number of nitrogens with one attached hydrogen (secondary N) is 1. The van der Waals surface area contributed by atoms with Gasteiger partial charge in [0.15, 0.2) is 0 Å². The van der Waals surface area contributed by atoms with E-state index in [1.54, 1.807) is 6.07 Å². The highest BCUT2D eigenvalue weighted by Gasteiger charge is 2.45. The molecule has 0 atom stereocenters. The molecule has 7 heteroatoms. The molecule has 1 aromatic heterocycles. The second-order valence-corrected chi connectivity index (χ2v) is 9.59. The van der Waals surface area contributed by atoms with Gasteiger partial charge in [0, 0.05) is 22.1 Å². The predicted octanol–water partition coefficient (Wildman–Crippen LogP) is 2.77. The molecule has 0 aromatic carbocycles. The van der Waals surface area contributed by atoms with E-state index in [0.717, 1.165) is 11.3 Å². The third-order valence-electron chi connectivity index (χ3n) is 3.97. The van der Waals surface area contributed by atoms with Gasteiger partial charge in [-0.25, -0.2) is 8.42 Å². The van der Waals surface area contributed by atoms with Gasteiger partial charge in [0.05, 0.1) is 6.42 Å². The van der Waals surface area contributed by atoms with Crippen molar-refractivity contribution >= 4 is 37.0 Å². The molecule has 1 N–H and O–H groups in total. The molecule has 20 heavy (non-hydrogen) atoms. The summed E-state index contributed by atoms with van der Waals surface area (Å²) in [6, 6.07) is 3.07. The predicted molar refractivity (Wildman–Crippen MR) is 80.6 cm³/mol. The van der Waals surface area contributed by atoms with Crippen LogP contribution in [0.1, 0.15) is 31.6 Å². The van der Waals surface area contributed by atoms with Crippen LogP contribution in [0.2, 0.25) is 0 Å². The molecule has 1 aromatic rings. The van der Waals surface area contributed by atoms with E-state index in [0.29, 0.717) is 17.3 Å². The number of halogens is 1. The van der Waals surface area contributed by atoms with Gasteiger partial charge in [0.2, 0.25) is 5.91 Å². The SMILES string of the molecule is CC(C)C1(CNC(=O)Cc2ccc(S(=O)(=O)Cl)s2)CC1. The minimum Gasteiger partial charge on any atom is -0.355 e. The average Bonchev–Trinajstić information content (AvgIpc) is 2.98. The Morgan fingerprint density at radius 2 is 2.10 bits per heavy atom. The van der Waals surface area contributed by atoms with Crippen LogP contribution in [0.25, 0.3) is 0 Å². The highest BCUT2D eigenvalue weighted by Crippen LogP contribution is 2.51. The topological polar surface area (TPSA) is 63.2 Å². The molecule has 1 aliphatic rings. The van der Waals surface area contributed by atoms with E-state index in [-0.39, 0.29) is 22.0 Å². The molecule has 1 amide bonds. The lowest BCUT2D eigenvalue weighted by atomic mass is 9.92. The lowest BCUT2D eigenvalue weighted by Gasteiger charge is -2.19. The summed E-state index contributed by atoms with van der Waals surface area (Å²) in [7, 11) is 1.56. The summed E-state index contributed by atoms with van der Waals surface area (Å²) in [6.45, 7) is 5.06. The molecule has 2 rings (SSSR count). The molecule has 0 saturated heterocycles. The Bertz CT molecular complexity index is 603. The van der Waals surface area contributed by atoms with Crippen LogP contribution in [-0.2, 0) is 20.3 Å². The van der Waals surface area contributed by atoms with Gasteiger partial charge in [-0.15, -0.1) is 11.3 Å². The molecule has 112 valence electrons. The minimum atomic E-state index is -3.70. The van der Waals surface area contributed by atoms with E-state index in [9.17, 15) is 13.2 Å². The third-order valence-corrected chi connectivity index (χ3v) is 7.14. The van der Waals surface area contributed by atoms with Crippen LogP contribution in [0.3, 0.4) is 0 Å². The van der Waals surface area contributed by atoms with Crippen molar-refractivity contribution in [2.45, 2.75) is 37.3 Å². The van der Waals surface area contributed by atoms with Gasteiger partial charge in [-0.3, -0.25) is 4.79 Å². The smallest absolute Gasteiger partial charge is 0.270 e. The number of rotatable bonds is 6. The molecular weight excluding hydrogens is 318 g/mol. The van der Waals surface area contributed by atoms with Crippen molar-refractivity contribution in [1.82, 2.24) is 5.32 Å². The number of carbonyl (C=O) groups excluding carboxylic acids is 1. The second kappa shape index (κ2) is 5.66. The summed E-state index contributed by atoms with van der Waals surface area (Å²) in [4.78, 5) is 12.6. The fraction of sp³-hybridized carbons (Fsp3) is 0.615. The van der Waals surface area contributed by atoms with Gasteiger partial charge in [-0.1, -0.05) is 13.8 Å². The molecule has 1 saturated carbocycles. The number of thiophene rings is 1. The Hall–Kier alpha value is -0.590. The minimum absolute atomic E-state index is 0.0719. The monoisotopic (exact) mass is 335 g/mol. The van der Waals surface area contributed by atoms with E-state index in [1.165, 1.54) is 18.9 Å². The van der Waals surface area contributed by atoms with E-state index < -0.39 is 9.05 Å². The lowest BCUT2D eigenvalue weighted by Crippen LogP contribution is -2.33. The Kier molecular flexibility index (Phi) is 4.47. The molecule has 0 spiro atoms. The van der Waals surface area contributed by atoms with Gasteiger partial charge in [0.25, 0.3) is 9.05 Å². The van der Waals surface area contributed by atoms with E-state index in [4.69, 9.17) is 10.7 Å². The normalized spacial score (nSPS) is 17.2. The Morgan fingerprint density at radius 1 is 1.45 bits per heavy atom. The van der Waals surface area contributed by atoms with E-state index in [2.05, 4.69) is 19.2 Å². The first kappa shape index (κ1) is 15.8. The first-order chi connectivity index (χ1) is 9.23. The lowest BCUT2D eigenvalue weighted by molar-refractivity contribution is -0.120. The molecule has 0 bridgehead atoms. The number of hydrogen-bond acceptors (Lipinski definition) is 4. The second-order valence-electron chi connectivity index (χ2n) is 5.63. The molecule has 1 aliphatic carbocycles. The zero-order valence-electron chi connectivity index (χ0n) is 11.5. The largest absolute Gasteiger partial charge is 0.355 e. The molecule has 4 nitrogen and oxygen atoms in total. The Morgan fingerprint density at radius 3 is 2.55 bits per heavy atom. The highest BCUT2D eigenvalue weighted by molar-refractivity contribution is 8.15. The van der Waals surface area contributed by atoms with E-state index >= 15 is 0 Å². The molecular formula is C13H18ClNO3S2. The molecule has 0 radical (unpaired) electrons. The Labute approximate surface area is 127 Å². The maximum absolute atomic E-state index is 11.9. The summed E-state index contributed by atoms with van der Waals surface area (Å²) >= 11 is 1.04. The zero-order valence-corrected chi connectivity index (χ0v) is 13.9. The van der Waals surface area contributed by atoms with Crippen molar-refractivity contribution in [2.75, 3.05) is 6.54 Å². The maximum atomic E-state index is 11.9. The summed E-state index contributed by atoms with van der Waals surface area (Å²) in [5.41, 5.74) is 0.274. The van der Waals surface area contributed by atoms with Gasteiger partial charge < -0.3 is 5.32 Å². The van der Waals surface area contributed by atoms with E-state index in [1.807, 2.05) is 0 Å². The summed E-state index contributed by atoms with van der Waals surface area (Å²) in [5, 5.41) is 2.95. The van der Waals surface area contributed by atoms with Crippen molar-refractivity contribution in [1.29, 1.82) is 0 Å². The number of amides is 1. The maximum Gasteiger partial charge on any atom is 0.270 e. The summed E-state index contributed by atoms with van der Waals surface area (Å²) in [5.74, 6) is 0.495. The molecule has 1 fully saturated rings. The van der Waals surface area contributed by atoms with Gasteiger partial charge in [0.1, 0.15) is 4.21 Å². The van der Waals surface area contributed by atoms with Crippen LogP contribution in [0.15, 0.2) is 16.3 Å². The first-order valence-electron chi connectivity index (χ1n) is 6.53. The standard InChI is InChI=1S/C13H18ClNO3S2/c1-9(2)13(5-6-13)8-15-11(16)7-10-3-4-12(19-10)20(14,17)18/h3-4,9H,5-8H2,1-2H3,(H,15,16). The summed E-state index contributed by atoms with van der Waals surface area (Å²) < 4.78 is 22.4. The van der Waals surface area contributed by atoms with Crippen LogP contribution in [0.5, 0.6) is 0 Å². The van der Waals surface area contributed by atoms with Gasteiger partial charge in [-0.2, -0.15) is 0 Å². The van der Waals surface area contributed by atoms with Crippen molar-refractivity contribution in [3.05, 3.63) is 17.0 Å².